The molecule has 0 bridgehead atoms. The zero-order chi connectivity index (χ0) is 14.6. The Hall–Kier alpha value is -2.09. The second-order valence-corrected chi connectivity index (χ2v) is 3.68. The molecule has 0 aliphatic heterocycles. The van der Waals surface area contributed by atoms with Gasteiger partial charge in [-0.3, -0.25) is 10.1 Å². The topological polar surface area (TPSA) is 78.7 Å². The van der Waals surface area contributed by atoms with E-state index in [1.807, 2.05) is 0 Å². The molecular weight excluding hydrogens is 264 g/mol. The molecule has 0 N–H and O–H groups in total. The number of esters is 1. The van der Waals surface area contributed by atoms with Crippen LogP contribution in [0.15, 0.2) is 12.1 Å². The smallest absolute Gasteiger partial charge is 0.344 e. The van der Waals surface area contributed by atoms with Crippen LogP contribution >= 0.6 is 0 Å². The number of carbonyl (C=O) groups excluding carboxylic acids is 1. The molecular formula is C11H11F2NO5. The molecule has 1 aromatic rings. The Kier molecular flexibility index (Phi) is 4.87. The lowest BCUT2D eigenvalue weighted by atomic mass is 10.1. The standard InChI is InChI=1S/C11H11F2NO5/c1-6(5-18-2)19-11(15)9-7(12)3-4-8(10(9)13)14(16)17/h3-4,6H,5H2,1-2H3. The van der Waals surface area contributed by atoms with Gasteiger partial charge in [-0.15, -0.1) is 0 Å². The molecule has 104 valence electrons. The van der Waals surface area contributed by atoms with Crippen LogP contribution < -0.4 is 0 Å². The molecule has 1 atom stereocenters. The number of nitro benzene ring substituents is 1. The van der Waals surface area contributed by atoms with Crippen molar-refractivity contribution in [3.8, 4) is 0 Å². The zero-order valence-electron chi connectivity index (χ0n) is 10.2. The van der Waals surface area contributed by atoms with Crippen molar-refractivity contribution in [1.82, 2.24) is 0 Å². The maximum Gasteiger partial charge on any atom is 0.344 e. The van der Waals surface area contributed by atoms with Gasteiger partial charge in [0.25, 0.3) is 0 Å². The number of hydrogen-bond acceptors (Lipinski definition) is 5. The Morgan fingerprint density at radius 2 is 2.11 bits per heavy atom. The van der Waals surface area contributed by atoms with E-state index in [1.54, 1.807) is 0 Å². The first kappa shape index (κ1) is 15.0. The summed E-state index contributed by atoms with van der Waals surface area (Å²) in [6, 6.07) is 1.28. The van der Waals surface area contributed by atoms with E-state index in [-0.39, 0.29) is 6.61 Å². The quantitative estimate of drug-likeness (QED) is 0.467. The van der Waals surface area contributed by atoms with Crippen molar-refractivity contribution >= 4 is 11.7 Å². The average molecular weight is 275 g/mol. The van der Waals surface area contributed by atoms with Gasteiger partial charge >= 0.3 is 11.7 Å². The van der Waals surface area contributed by atoms with E-state index >= 15 is 0 Å². The first-order valence-corrected chi connectivity index (χ1v) is 5.20. The van der Waals surface area contributed by atoms with Gasteiger partial charge in [-0.05, 0) is 13.0 Å². The second kappa shape index (κ2) is 6.19. The molecule has 0 aliphatic carbocycles. The molecule has 0 spiro atoms. The Balaban J connectivity index is 3.09. The molecule has 0 amide bonds. The molecule has 0 saturated heterocycles. The van der Waals surface area contributed by atoms with Gasteiger partial charge in [0, 0.05) is 13.2 Å². The van der Waals surface area contributed by atoms with Crippen molar-refractivity contribution in [2.45, 2.75) is 13.0 Å². The Morgan fingerprint density at radius 3 is 2.63 bits per heavy atom. The van der Waals surface area contributed by atoms with Crippen LogP contribution in [0.4, 0.5) is 14.5 Å². The SMILES string of the molecule is COCC(C)OC(=O)c1c(F)ccc([N+](=O)[O-])c1F. The van der Waals surface area contributed by atoms with Gasteiger partial charge in [-0.2, -0.15) is 4.39 Å². The summed E-state index contributed by atoms with van der Waals surface area (Å²) >= 11 is 0. The number of rotatable bonds is 5. The Bertz CT molecular complexity index is 506. The minimum absolute atomic E-state index is 0.0317. The number of carbonyl (C=O) groups is 1. The molecule has 19 heavy (non-hydrogen) atoms. The van der Waals surface area contributed by atoms with Gasteiger partial charge in [0.05, 0.1) is 11.5 Å². The fraction of sp³-hybridized carbons (Fsp3) is 0.364. The average Bonchev–Trinajstić information content (AvgIpc) is 2.28. The van der Waals surface area contributed by atoms with Crippen LogP contribution in [0.2, 0.25) is 0 Å². The number of ether oxygens (including phenoxy) is 2. The highest BCUT2D eigenvalue weighted by Crippen LogP contribution is 2.24. The summed E-state index contributed by atoms with van der Waals surface area (Å²) in [5, 5.41) is 10.5. The number of nitrogens with zero attached hydrogens (tertiary/aromatic N) is 1. The van der Waals surface area contributed by atoms with Crippen LogP contribution in [-0.2, 0) is 9.47 Å². The van der Waals surface area contributed by atoms with E-state index < -0.39 is 39.9 Å². The van der Waals surface area contributed by atoms with Gasteiger partial charge in [-0.25, -0.2) is 9.18 Å². The van der Waals surface area contributed by atoms with Crippen molar-refractivity contribution in [3.63, 3.8) is 0 Å². The molecule has 0 aromatic heterocycles. The molecule has 0 radical (unpaired) electrons. The van der Waals surface area contributed by atoms with Gasteiger partial charge in [0.2, 0.25) is 5.82 Å². The van der Waals surface area contributed by atoms with E-state index in [0.29, 0.717) is 12.1 Å². The summed E-state index contributed by atoms with van der Waals surface area (Å²) < 4.78 is 36.4. The van der Waals surface area contributed by atoms with Crippen LogP contribution in [0.1, 0.15) is 17.3 Å². The van der Waals surface area contributed by atoms with Crippen LogP contribution in [0.3, 0.4) is 0 Å². The molecule has 0 fully saturated rings. The lowest BCUT2D eigenvalue weighted by Crippen LogP contribution is -2.21. The summed E-state index contributed by atoms with van der Waals surface area (Å²) in [6.45, 7) is 1.48. The Labute approximate surface area is 107 Å². The van der Waals surface area contributed by atoms with Crippen LogP contribution in [0, 0.1) is 21.7 Å². The molecule has 0 saturated carbocycles. The van der Waals surface area contributed by atoms with Crippen molar-refractivity contribution in [2.24, 2.45) is 0 Å². The maximum atomic E-state index is 13.7. The predicted molar refractivity (Wildman–Crippen MR) is 59.8 cm³/mol. The molecule has 8 heteroatoms. The highest BCUT2D eigenvalue weighted by Gasteiger charge is 2.28. The monoisotopic (exact) mass is 275 g/mol. The van der Waals surface area contributed by atoms with Gasteiger partial charge < -0.3 is 9.47 Å². The Morgan fingerprint density at radius 1 is 1.47 bits per heavy atom. The van der Waals surface area contributed by atoms with Crippen LogP contribution in [-0.4, -0.2) is 30.7 Å². The van der Waals surface area contributed by atoms with Crippen molar-refractivity contribution in [3.05, 3.63) is 39.4 Å². The van der Waals surface area contributed by atoms with Gasteiger partial charge in [0.15, 0.2) is 0 Å². The van der Waals surface area contributed by atoms with Crippen LogP contribution in [0.5, 0.6) is 0 Å². The third-order valence-corrected chi connectivity index (χ3v) is 2.18. The third kappa shape index (κ3) is 3.44. The van der Waals surface area contributed by atoms with E-state index in [4.69, 9.17) is 4.74 Å². The highest BCUT2D eigenvalue weighted by atomic mass is 19.1. The second-order valence-electron chi connectivity index (χ2n) is 3.68. The summed E-state index contributed by atoms with van der Waals surface area (Å²) in [5.41, 5.74) is -2.08. The lowest BCUT2D eigenvalue weighted by molar-refractivity contribution is -0.387. The normalized spacial score (nSPS) is 12.0. The summed E-state index contributed by atoms with van der Waals surface area (Å²) in [4.78, 5) is 21.0. The molecule has 6 nitrogen and oxygen atoms in total. The lowest BCUT2D eigenvalue weighted by Gasteiger charge is -2.12. The molecule has 1 aromatic carbocycles. The first-order valence-electron chi connectivity index (χ1n) is 5.20. The fourth-order valence-electron chi connectivity index (χ4n) is 1.38. The van der Waals surface area contributed by atoms with Crippen molar-refractivity contribution in [2.75, 3.05) is 13.7 Å². The fourth-order valence-corrected chi connectivity index (χ4v) is 1.38. The summed E-state index contributed by atoms with van der Waals surface area (Å²) in [7, 11) is 1.36. The van der Waals surface area contributed by atoms with Gasteiger partial charge in [-0.1, -0.05) is 0 Å². The van der Waals surface area contributed by atoms with E-state index in [1.165, 1.54) is 14.0 Å². The summed E-state index contributed by atoms with van der Waals surface area (Å²) in [6.07, 6.45) is -0.740. The predicted octanol–water partition coefficient (Wildman–Crippen LogP) is 2.06. The highest BCUT2D eigenvalue weighted by molar-refractivity contribution is 5.91. The molecule has 1 unspecified atom stereocenters. The van der Waals surface area contributed by atoms with Crippen LogP contribution in [0.25, 0.3) is 0 Å². The molecule has 0 aliphatic rings. The van der Waals surface area contributed by atoms with Crippen molar-refractivity contribution in [1.29, 1.82) is 0 Å². The first-order chi connectivity index (χ1) is 8.88. The number of hydrogen-bond donors (Lipinski definition) is 0. The zero-order valence-corrected chi connectivity index (χ0v) is 10.2. The summed E-state index contributed by atoms with van der Waals surface area (Å²) in [5.74, 6) is -4.10. The van der Waals surface area contributed by atoms with E-state index in [2.05, 4.69) is 4.74 Å². The van der Waals surface area contributed by atoms with Crippen molar-refractivity contribution < 1.29 is 28.0 Å². The minimum atomic E-state index is -1.56. The van der Waals surface area contributed by atoms with Gasteiger partial charge in [0.1, 0.15) is 17.5 Å². The number of benzene rings is 1. The number of halogens is 2. The number of nitro groups is 1. The van der Waals surface area contributed by atoms with E-state index in [0.717, 1.165) is 0 Å². The third-order valence-electron chi connectivity index (χ3n) is 2.18. The minimum Gasteiger partial charge on any atom is -0.456 e. The number of methoxy groups -OCH3 is 1. The molecule has 1 rings (SSSR count). The maximum absolute atomic E-state index is 13.7. The van der Waals surface area contributed by atoms with E-state index in [9.17, 15) is 23.7 Å². The largest absolute Gasteiger partial charge is 0.456 e. The molecule has 0 heterocycles.